The third-order valence-corrected chi connectivity index (χ3v) is 8.55. The second-order valence-corrected chi connectivity index (χ2v) is 12.2. The van der Waals surface area contributed by atoms with Crippen molar-refractivity contribution < 1.29 is 22.1 Å². The van der Waals surface area contributed by atoms with E-state index in [0.717, 1.165) is 12.8 Å². The summed E-state index contributed by atoms with van der Waals surface area (Å²) in [5.41, 5.74) is 1.02. The minimum atomic E-state index is -3.95. The van der Waals surface area contributed by atoms with Crippen LogP contribution < -0.4 is 15.0 Å². The zero-order valence-electron chi connectivity index (χ0n) is 21.0. The zero-order valence-corrected chi connectivity index (χ0v) is 21.8. The molecule has 5 rings (SSSR count). The number of ether oxygens (including phenoxy) is 1. The van der Waals surface area contributed by atoms with Gasteiger partial charge in [0, 0.05) is 23.6 Å². The van der Waals surface area contributed by atoms with Crippen LogP contribution in [-0.2, 0) is 10.0 Å². The second-order valence-electron chi connectivity index (χ2n) is 10.5. The molecule has 0 atom stereocenters. The number of benzene rings is 2. The number of hydrogen-bond acceptors (Lipinski definition) is 6. The summed E-state index contributed by atoms with van der Waals surface area (Å²) in [6.07, 6.45) is 3.05. The monoisotopic (exact) mass is 525 g/mol. The third kappa shape index (κ3) is 4.61. The van der Waals surface area contributed by atoms with Crippen LogP contribution in [0.1, 0.15) is 45.1 Å². The van der Waals surface area contributed by atoms with Gasteiger partial charge in [0.25, 0.3) is 15.6 Å². The SMILES string of the molecule is COc1cc(C2CC(C(C)(C)C)C2)c(F)cc1-n1c(=O)ccc2cc(S(=O)(=O)Nc3ccon3)ccc21. The molecule has 4 aromatic rings. The number of pyridine rings is 1. The van der Waals surface area contributed by atoms with Crippen molar-refractivity contribution in [2.75, 3.05) is 11.8 Å². The summed E-state index contributed by atoms with van der Waals surface area (Å²) < 4.78 is 54.9. The molecule has 37 heavy (non-hydrogen) atoms. The highest BCUT2D eigenvalue weighted by molar-refractivity contribution is 7.92. The summed E-state index contributed by atoms with van der Waals surface area (Å²) in [5, 5.41) is 4.04. The quantitative estimate of drug-likeness (QED) is 0.358. The largest absolute Gasteiger partial charge is 0.495 e. The Labute approximate surface area is 214 Å². The maximum absolute atomic E-state index is 15.4. The van der Waals surface area contributed by atoms with Gasteiger partial charge in [0.2, 0.25) is 0 Å². The molecular weight excluding hydrogens is 497 g/mol. The van der Waals surface area contributed by atoms with Crippen molar-refractivity contribution in [3.63, 3.8) is 0 Å². The summed E-state index contributed by atoms with van der Waals surface area (Å²) in [6.45, 7) is 6.59. The van der Waals surface area contributed by atoms with E-state index < -0.39 is 21.4 Å². The molecule has 2 aromatic carbocycles. The van der Waals surface area contributed by atoms with E-state index in [9.17, 15) is 13.2 Å². The molecule has 0 radical (unpaired) electrons. The van der Waals surface area contributed by atoms with Crippen LogP contribution in [0, 0.1) is 17.2 Å². The van der Waals surface area contributed by atoms with E-state index in [-0.39, 0.29) is 27.7 Å². The van der Waals surface area contributed by atoms with Gasteiger partial charge in [-0.2, -0.15) is 0 Å². The zero-order chi connectivity index (χ0) is 26.5. The van der Waals surface area contributed by atoms with Crippen LogP contribution in [0.4, 0.5) is 10.2 Å². The van der Waals surface area contributed by atoms with Crippen LogP contribution in [0.2, 0.25) is 0 Å². The number of rotatable bonds is 6. The molecule has 194 valence electrons. The Morgan fingerprint density at radius 2 is 1.86 bits per heavy atom. The lowest BCUT2D eigenvalue weighted by molar-refractivity contribution is 0.113. The number of nitrogens with one attached hydrogen (secondary N) is 1. The van der Waals surface area contributed by atoms with E-state index in [4.69, 9.17) is 4.74 Å². The van der Waals surface area contributed by atoms with Gasteiger partial charge in [0.05, 0.1) is 23.2 Å². The molecule has 0 aliphatic heterocycles. The summed E-state index contributed by atoms with van der Waals surface area (Å²) in [5.74, 6) is 0.641. The van der Waals surface area contributed by atoms with Crippen LogP contribution in [-0.4, -0.2) is 25.3 Å². The fourth-order valence-corrected chi connectivity index (χ4v) is 5.92. The molecule has 0 amide bonds. The molecule has 1 saturated carbocycles. The van der Waals surface area contributed by atoms with Crippen molar-refractivity contribution in [1.29, 1.82) is 0 Å². The van der Waals surface area contributed by atoms with Crippen molar-refractivity contribution >= 4 is 26.7 Å². The van der Waals surface area contributed by atoms with Crippen molar-refractivity contribution in [3.8, 4) is 11.4 Å². The Morgan fingerprint density at radius 1 is 1.11 bits per heavy atom. The van der Waals surface area contributed by atoms with Gasteiger partial charge in [-0.3, -0.25) is 14.1 Å². The number of sulfonamides is 1. The minimum absolute atomic E-state index is 0.0277. The van der Waals surface area contributed by atoms with Gasteiger partial charge >= 0.3 is 0 Å². The Kier molecular flexibility index (Phi) is 6.10. The molecule has 1 aliphatic rings. The number of halogens is 1. The lowest BCUT2D eigenvalue weighted by Gasteiger charge is -2.44. The van der Waals surface area contributed by atoms with Crippen LogP contribution in [0.25, 0.3) is 16.6 Å². The van der Waals surface area contributed by atoms with Gasteiger partial charge < -0.3 is 9.26 Å². The molecule has 10 heteroatoms. The number of hydrogen-bond donors (Lipinski definition) is 1. The average Bonchev–Trinajstić information content (AvgIpc) is 3.30. The molecule has 0 unspecified atom stereocenters. The summed E-state index contributed by atoms with van der Waals surface area (Å²) in [6, 6.07) is 11.6. The standard InChI is InChI=1S/C27H28FN3O5S/c1-27(2,3)18-11-17(12-18)20-14-24(35-4)23(15-21(20)28)31-22-7-6-19(13-16(22)5-8-26(31)32)37(33,34)30-25-9-10-36-29-25/h5-10,13-15,17-18H,11-12H2,1-4H3,(H,29,30). The molecule has 0 spiro atoms. The Hall–Kier alpha value is -3.66. The molecule has 1 N–H and O–H groups in total. The lowest BCUT2D eigenvalue weighted by atomic mass is 9.61. The van der Waals surface area contributed by atoms with Gasteiger partial charge in [-0.15, -0.1) is 0 Å². The van der Waals surface area contributed by atoms with E-state index in [0.29, 0.717) is 28.1 Å². The van der Waals surface area contributed by atoms with Gasteiger partial charge in [-0.05, 0) is 66.0 Å². The van der Waals surface area contributed by atoms with Crippen LogP contribution >= 0.6 is 0 Å². The van der Waals surface area contributed by atoms with Crippen LogP contribution in [0.15, 0.2) is 69.0 Å². The number of methoxy groups -OCH3 is 1. The van der Waals surface area contributed by atoms with Crippen LogP contribution in [0.5, 0.6) is 5.75 Å². The first-order valence-electron chi connectivity index (χ1n) is 11.9. The molecule has 8 nitrogen and oxygen atoms in total. The summed E-state index contributed by atoms with van der Waals surface area (Å²) >= 11 is 0. The van der Waals surface area contributed by atoms with Gasteiger partial charge in [-0.1, -0.05) is 25.9 Å². The van der Waals surface area contributed by atoms with E-state index >= 15 is 4.39 Å². The molecule has 2 heterocycles. The predicted octanol–water partition coefficient (Wildman–Crippen LogP) is 5.47. The maximum Gasteiger partial charge on any atom is 0.263 e. The molecular formula is C27H28FN3O5S. The van der Waals surface area contributed by atoms with E-state index in [2.05, 4.69) is 35.2 Å². The van der Waals surface area contributed by atoms with Gasteiger partial charge in [0.15, 0.2) is 5.82 Å². The lowest BCUT2D eigenvalue weighted by Crippen LogP contribution is -2.33. The van der Waals surface area contributed by atoms with Gasteiger partial charge in [-0.25, -0.2) is 12.8 Å². The van der Waals surface area contributed by atoms with Gasteiger partial charge in [0.1, 0.15) is 17.8 Å². The number of fused-ring (bicyclic) bond motifs is 1. The third-order valence-electron chi connectivity index (χ3n) is 7.19. The van der Waals surface area contributed by atoms with Crippen molar-refractivity contribution in [3.05, 3.63) is 76.5 Å². The molecule has 0 saturated heterocycles. The fourth-order valence-electron chi connectivity index (χ4n) is 4.89. The minimum Gasteiger partial charge on any atom is -0.495 e. The highest BCUT2D eigenvalue weighted by Crippen LogP contribution is 2.51. The smallest absolute Gasteiger partial charge is 0.263 e. The highest BCUT2D eigenvalue weighted by atomic mass is 32.2. The van der Waals surface area contributed by atoms with Crippen molar-refractivity contribution in [1.82, 2.24) is 9.72 Å². The summed E-state index contributed by atoms with van der Waals surface area (Å²) in [4.78, 5) is 13.0. The first-order valence-corrected chi connectivity index (χ1v) is 13.4. The van der Waals surface area contributed by atoms with E-state index in [1.54, 1.807) is 6.07 Å². The summed E-state index contributed by atoms with van der Waals surface area (Å²) in [7, 11) is -2.47. The first-order chi connectivity index (χ1) is 17.5. The average molecular weight is 526 g/mol. The number of nitrogens with zero attached hydrogens (tertiary/aromatic N) is 2. The highest BCUT2D eigenvalue weighted by Gasteiger charge is 2.39. The molecule has 0 bridgehead atoms. The van der Waals surface area contributed by atoms with Crippen LogP contribution in [0.3, 0.4) is 0 Å². The second kappa shape index (κ2) is 9.02. The van der Waals surface area contributed by atoms with Crippen molar-refractivity contribution in [2.24, 2.45) is 11.3 Å². The Balaban J connectivity index is 1.55. The van der Waals surface area contributed by atoms with E-state index in [1.807, 2.05) is 0 Å². The van der Waals surface area contributed by atoms with E-state index in [1.165, 1.54) is 60.4 Å². The van der Waals surface area contributed by atoms with Crippen molar-refractivity contribution in [2.45, 2.75) is 44.4 Å². The number of aromatic nitrogens is 2. The first kappa shape index (κ1) is 25.0. The Bertz CT molecular complexity index is 1630. The molecule has 1 aliphatic carbocycles. The predicted molar refractivity (Wildman–Crippen MR) is 138 cm³/mol. The number of anilines is 1. The fraction of sp³-hybridized carbons (Fsp3) is 0.333. The molecule has 1 fully saturated rings. The maximum atomic E-state index is 15.4. The Morgan fingerprint density at radius 3 is 2.51 bits per heavy atom. The topological polar surface area (TPSA) is 103 Å². The molecule has 2 aromatic heterocycles. The normalized spacial score (nSPS) is 18.0.